The highest BCUT2D eigenvalue weighted by Gasteiger charge is 2.14. The third-order valence-corrected chi connectivity index (χ3v) is 3.18. The summed E-state index contributed by atoms with van der Waals surface area (Å²) >= 11 is 0. The Bertz CT molecular complexity index is 911. The van der Waals surface area contributed by atoms with Crippen LogP contribution in [0.3, 0.4) is 0 Å². The lowest BCUT2D eigenvalue weighted by molar-refractivity contribution is 0.102. The monoisotopic (exact) mass is 298 g/mol. The Labute approximate surface area is 125 Å². The summed E-state index contributed by atoms with van der Waals surface area (Å²) in [5.74, 6) is 0.138. The lowest BCUT2D eigenvalue weighted by atomic mass is 10.2. The molecule has 7 heteroatoms. The van der Waals surface area contributed by atoms with Crippen LogP contribution < -0.4 is 15.6 Å². The summed E-state index contributed by atoms with van der Waals surface area (Å²) in [6.45, 7) is 1.75. The normalized spacial score (nSPS) is 10.6. The van der Waals surface area contributed by atoms with Gasteiger partial charge in [-0.15, -0.1) is 0 Å². The number of H-pyrrole nitrogens is 1. The van der Waals surface area contributed by atoms with Gasteiger partial charge in [0.2, 0.25) is 0 Å². The summed E-state index contributed by atoms with van der Waals surface area (Å²) in [4.78, 5) is 26.8. The maximum Gasteiger partial charge on any atom is 0.276 e. The predicted molar refractivity (Wildman–Crippen MR) is 81.5 cm³/mol. The van der Waals surface area contributed by atoms with Crippen LogP contribution >= 0.6 is 0 Å². The van der Waals surface area contributed by atoms with Gasteiger partial charge >= 0.3 is 0 Å². The molecule has 7 nitrogen and oxygen atoms in total. The average molecular weight is 298 g/mol. The van der Waals surface area contributed by atoms with Crippen molar-refractivity contribution in [1.82, 2.24) is 14.6 Å². The molecule has 2 heterocycles. The molecule has 0 unspecified atom stereocenters. The number of carbonyl (C=O) groups is 1. The topological polar surface area (TPSA) is 88.5 Å². The second-order valence-corrected chi connectivity index (χ2v) is 4.78. The molecule has 0 fully saturated rings. The molecule has 1 amide bonds. The fourth-order valence-corrected chi connectivity index (χ4v) is 2.17. The number of benzene rings is 1. The van der Waals surface area contributed by atoms with E-state index in [2.05, 4.69) is 15.4 Å². The van der Waals surface area contributed by atoms with E-state index >= 15 is 0 Å². The zero-order chi connectivity index (χ0) is 15.7. The first-order valence-corrected chi connectivity index (χ1v) is 6.62. The molecule has 0 spiro atoms. The molecule has 22 heavy (non-hydrogen) atoms. The standard InChI is InChI=1S/C15H14N4O3/c1-9-8-19-12(15(21)16-9)7-11(18-19)14(20)17-10-5-3-4-6-13(10)22-2/h3-8H,1-2H3,(H,16,21)(H,17,20). The maximum atomic E-state index is 12.3. The third-order valence-electron chi connectivity index (χ3n) is 3.18. The number of nitrogens with one attached hydrogen (secondary N) is 2. The number of carbonyl (C=O) groups excluding carboxylic acids is 1. The van der Waals surface area contributed by atoms with Crippen LogP contribution in [-0.4, -0.2) is 27.6 Å². The fourth-order valence-electron chi connectivity index (χ4n) is 2.17. The Morgan fingerprint density at radius 3 is 2.91 bits per heavy atom. The highest BCUT2D eigenvalue weighted by Crippen LogP contribution is 2.23. The molecule has 2 aromatic heterocycles. The fraction of sp³-hybridized carbons (Fsp3) is 0.133. The van der Waals surface area contributed by atoms with Crippen LogP contribution in [-0.2, 0) is 0 Å². The van der Waals surface area contributed by atoms with E-state index in [1.165, 1.54) is 17.7 Å². The van der Waals surface area contributed by atoms with Gasteiger partial charge < -0.3 is 15.0 Å². The molecule has 0 aliphatic carbocycles. The van der Waals surface area contributed by atoms with Crippen molar-refractivity contribution in [3.05, 3.63) is 58.3 Å². The van der Waals surface area contributed by atoms with Gasteiger partial charge in [0.15, 0.2) is 5.69 Å². The molecule has 2 N–H and O–H groups in total. The van der Waals surface area contributed by atoms with Gasteiger partial charge in [0.25, 0.3) is 11.5 Å². The average Bonchev–Trinajstić information content (AvgIpc) is 2.92. The van der Waals surface area contributed by atoms with Crippen LogP contribution in [0.5, 0.6) is 5.75 Å². The Hall–Kier alpha value is -3.09. The number of para-hydroxylation sites is 2. The highest BCUT2D eigenvalue weighted by molar-refractivity contribution is 6.04. The molecule has 0 saturated carbocycles. The first kappa shape index (κ1) is 13.9. The number of ether oxygens (including phenoxy) is 1. The number of aryl methyl sites for hydroxylation is 1. The van der Waals surface area contributed by atoms with Crippen molar-refractivity contribution < 1.29 is 9.53 Å². The van der Waals surface area contributed by atoms with Gasteiger partial charge in [0.1, 0.15) is 11.3 Å². The van der Waals surface area contributed by atoms with Crippen molar-refractivity contribution in [2.45, 2.75) is 6.92 Å². The van der Waals surface area contributed by atoms with Crippen LogP contribution in [0.4, 0.5) is 5.69 Å². The van der Waals surface area contributed by atoms with Gasteiger partial charge in [-0.25, -0.2) is 4.52 Å². The largest absolute Gasteiger partial charge is 0.495 e. The maximum absolute atomic E-state index is 12.3. The van der Waals surface area contributed by atoms with Crippen molar-refractivity contribution in [2.24, 2.45) is 0 Å². The van der Waals surface area contributed by atoms with Crippen molar-refractivity contribution in [3.8, 4) is 5.75 Å². The van der Waals surface area contributed by atoms with Crippen LogP contribution in [0.15, 0.2) is 41.3 Å². The minimum absolute atomic E-state index is 0.155. The Kier molecular flexibility index (Phi) is 3.38. The molecule has 0 atom stereocenters. The third kappa shape index (κ3) is 2.44. The molecular weight excluding hydrogens is 284 g/mol. The summed E-state index contributed by atoms with van der Waals surface area (Å²) in [7, 11) is 1.53. The summed E-state index contributed by atoms with van der Waals surface area (Å²) in [6, 6.07) is 8.51. The predicted octanol–water partition coefficient (Wildman–Crippen LogP) is 1.59. The van der Waals surface area contributed by atoms with Crippen LogP contribution in [0, 0.1) is 6.92 Å². The molecule has 0 saturated heterocycles. The highest BCUT2D eigenvalue weighted by atomic mass is 16.5. The summed E-state index contributed by atoms with van der Waals surface area (Å²) < 4.78 is 6.57. The summed E-state index contributed by atoms with van der Waals surface area (Å²) in [5.41, 5.74) is 1.39. The van der Waals surface area contributed by atoms with Gasteiger partial charge in [-0.2, -0.15) is 5.10 Å². The van der Waals surface area contributed by atoms with E-state index in [0.29, 0.717) is 22.6 Å². The zero-order valence-electron chi connectivity index (χ0n) is 12.1. The quantitative estimate of drug-likeness (QED) is 0.768. The smallest absolute Gasteiger partial charge is 0.276 e. The number of methoxy groups -OCH3 is 1. The lowest BCUT2D eigenvalue weighted by Crippen LogP contribution is -2.13. The number of hydrogen-bond donors (Lipinski definition) is 2. The van der Waals surface area contributed by atoms with Crippen molar-refractivity contribution in [2.75, 3.05) is 12.4 Å². The molecule has 0 aliphatic heterocycles. The molecule has 0 radical (unpaired) electrons. The Morgan fingerprint density at radius 2 is 2.14 bits per heavy atom. The summed E-state index contributed by atoms with van der Waals surface area (Å²) in [5, 5.41) is 6.85. The molecule has 112 valence electrons. The van der Waals surface area contributed by atoms with E-state index in [-0.39, 0.29) is 11.3 Å². The minimum atomic E-state index is -0.412. The van der Waals surface area contributed by atoms with Crippen LogP contribution in [0.25, 0.3) is 5.52 Å². The number of aromatic nitrogens is 3. The lowest BCUT2D eigenvalue weighted by Gasteiger charge is -2.08. The molecule has 0 bridgehead atoms. The number of amides is 1. The van der Waals surface area contributed by atoms with E-state index in [4.69, 9.17) is 4.74 Å². The molecule has 0 aliphatic rings. The van der Waals surface area contributed by atoms with Gasteiger partial charge in [0.05, 0.1) is 12.8 Å². The second-order valence-electron chi connectivity index (χ2n) is 4.78. The van der Waals surface area contributed by atoms with E-state index in [9.17, 15) is 9.59 Å². The first-order chi connectivity index (χ1) is 10.6. The molecule has 3 aromatic rings. The van der Waals surface area contributed by atoms with Gasteiger partial charge in [-0.3, -0.25) is 9.59 Å². The van der Waals surface area contributed by atoms with Gasteiger partial charge in [0, 0.05) is 18.0 Å². The number of anilines is 1. The second kappa shape index (κ2) is 5.36. The van der Waals surface area contributed by atoms with Crippen molar-refractivity contribution in [1.29, 1.82) is 0 Å². The van der Waals surface area contributed by atoms with E-state index in [0.717, 1.165) is 0 Å². The van der Waals surface area contributed by atoms with Gasteiger partial charge in [-0.1, -0.05) is 12.1 Å². The van der Waals surface area contributed by atoms with Crippen molar-refractivity contribution in [3.63, 3.8) is 0 Å². The first-order valence-electron chi connectivity index (χ1n) is 6.62. The number of aromatic amines is 1. The van der Waals surface area contributed by atoms with E-state index in [1.54, 1.807) is 31.3 Å². The SMILES string of the molecule is COc1ccccc1NC(=O)c1cc2c(=O)[nH]c(C)cn2n1. The number of rotatable bonds is 3. The number of nitrogens with zero attached hydrogens (tertiary/aromatic N) is 2. The zero-order valence-corrected chi connectivity index (χ0v) is 12.1. The van der Waals surface area contributed by atoms with E-state index < -0.39 is 5.91 Å². The van der Waals surface area contributed by atoms with Crippen LogP contribution in [0.2, 0.25) is 0 Å². The van der Waals surface area contributed by atoms with Crippen molar-refractivity contribution >= 4 is 17.1 Å². The molecule has 3 rings (SSSR count). The summed E-state index contributed by atoms with van der Waals surface area (Å²) in [6.07, 6.45) is 1.65. The van der Waals surface area contributed by atoms with E-state index in [1.807, 2.05) is 6.07 Å². The number of fused-ring (bicyclic) bond motifs is 1. The molecular formula is C15H14N4O3. The minimum Gasteiger partial charge on any atom is -0.495 e. The Morgan fingerprint density at radius 1 is 1.36 bits per heavy atom. The Balaban J connectivity index is 1.96. The molecule has 1 aromatic carbocycles. The van der Waals surface area contributed by atoms with Crippen LogP contribution in [0.1, 0.15) is 16.2 Å². The van der Waals surface area contributed by atoms with Gasteiger partial charge in [-0.05, 0) is 19.1 Å². The number of hydrogen-bond acceptors (Lipinski definition) is 4.